The fourth-order valence-electron chi connectivity index (χ4n) is 1.70. The van der Waals surface area contributed by atoms with Gasteiger partial charge in [-0.05, 0) is 38.0 Å². The molecule has 5 nitrogen and oxygen atoms in total. The van der Waals surface area contributed by atoms with E-state index >= 15 is 0 Å². The summed E-state index contributed by atoms with van der Waals surface area (Å²) in [5.74, 6) is 0. The maximum atomic E-state index is 12.3. The van der Waals surface area contributed by atoms with Crippen LogP contribution in [0.15, 0.2) is 22.4 Å². The number of rotatable bonds is 3. The van der Waals surface area contributed by atoms with Crippen LogP contribution in [-0.2, 0) is 10.0 Å². The summed E-state index contributed by atoms with van der Waals surface area (Å²) < 4.78 is 27.3. The van der Waals surface area contributed by atoms with Crippen LogP contribution in [0.1, 0.15) is 16.8 Å². The summed E-state index contributed by atoms with van der Waals surface area (Å²) >= 11 is 0.967. The SMILES string of the molecule is Cc1cccc(NS(=O)(=O)c2sc(N)nc2C)c1C. The number of nitrogen functional groups attached to an aromatic ring is 1. The Balaban J connectivity index is 2.42. The third kappa shape index (κ3) is 2.71. The summed E-state index contributed by atoms with van der Waals surface area (Å²) in [6, 6.07) is 5.48. The van der Waals surface area contributed by atoms with E-state index in [1.807, 2.05) is 26.0 Å². The predicted molar refractivity (Wildman–Crippen MR) is 78.0 cm³/mol. The quantitative estimate of drug-likeness (QED) is 0.911. The van der Waals surface area contributed by atoms with Gasteiger partial charge in [0.1, 0.15) is 0 Å². The summed E-state index contributed by atoms with van der Waals surface area (Å²) in [4.78, 5) is 3.94. The molecular weight excluding hydrogens is 282 g/mol. The molecule has 102 valence electrons. The second kappa shape index (κ2) is 4.82. The minimum absolute atomic E-state index is 0.158. The van der Waals surface area contributed by atoms with Crippen LogP contribution in [0.4, 0.5) is 10.8 Å². The molecule has 2 rings (SSSR count). The maximum absolute atomic E-state index is 12.3. The van der Waals surface area contributed by atoms with Gasteiger partial charge in [0.15, 0.2) is 9.34 Å². The van der Waals surface area contributed by atoms with Crippen molar-refractivity contribution in [1.82, 2.24) is 4.98 Å². The van der Waals surface area contributed by atoms with E-state index in [2.05, 4.69) is 9.71 Å². The highest BCUT2D eigenvalue weighted by molar-refractivity contribution is 7.94. The van der Waals surface area contributed by atoms with E-state index in [4.69, 9.17) is 5.73 Å². The van der Waals surface area contributed by atoms with Crippen LogP contribution in [0.2, 0.25) is 0 Å². The second-order valence-corrected chi connectivity index (χ2v) is 7.19. The number of benzene rings is 1. The van der Waals surface area contributed by atoms with Gasteiger partial charge in [0.05, 0.1) is 11.4 Å². The summed E-state index contributed by atoms with van der Waals surface area (Å²) in [6.07, 6.45) is 0. The Labute approximate surface area is 116 Å². The van der Waals surface area contributed by atoms with E-state index in [0.717, 1.165) is 22.5 Å². The molecule has 0 fully saturated rings. The first-order chi connectivity index (χ1) is 8.81. The van der Waals surface area contributed by atoms with E-state index < -0.39 is 10.0 Å². The van der Waals surface area contributed by atoms with Crippen molar-refractivity contribution in [3.63, 3.8) is 0 Å². The molecule has 0 unspecified atom stereocenters. The minimum Gasteiger partial charge on any atom is -0.375 e. The zero-order valence-electron chi connectivity index (χ0n) is 10.9. The molecule has 7 heteroatoms. The molecule has 0 atom stereocenters. The van der Waals surface area contributed by atoms with Crippen molar-refractivity contribution in [3.05, 3.63) is 35.0 Å². The fourth-order valence-corrected chi connectivity index (χ4v) is 4.13. The lowest BCUT2D eigenvalue weighted by Crippen LogP contribution is -2.13. The van der Waals surface area contributed by atoms with Crippen LogP contribution < -0.4 is 10.5 Å². The van der Waals surface area contributed by atoms with Gasteiger partial charge in [-0.2, -0.15) is 0 Å². The van der Waals surface area contributed by atoms with Gasteiger partial charge in [0.25, 0.3) is 10.0 Å². The topological polar surface area (TPSA) is 85.1 Å². The summed E-state index contributed by atoms with van der Waals surface area (Å²) in [5.41, 5.74) is 8.46. The molecule has 0 saturated carbocycles. The lowest BCUT2D eigenvalue weighted by atomic mass is 10.1. The number of aryl methyl sites for hydroxylation is 2. The molecule has 3 N–H and O–H groups in total. The van der Waals surface area contributed by atoms with Crippen molar-refractivity contribution >= 4 is 32.2 Å². The minimum atomic E-state index is -3.64. The van der Waals surface area contributed by atoms with E-state index in [1.165, 1.54) is 0 Å². The number of hydrogen-bond donors (Lipinski definition) is 2. The zero-order chi connectivity index (χ0) is 14.2. The highest BCUT2D eigenvalue weighted by Crippen LogP contribution is 2.28. The predicted octanol–water partition coefficient (Wildman–Crippen LogP) is 2.45. The van der Waals surface area contributed by atoms with E-state index in [0.29, 0.717) is 11.4 Å². The maximum Gasteiger partial charge on any atom is 0.273 e. The summed E-state index contributed by atoms with van der Waals surface area (Å²) in [7, 11) is -3.64. The highest BCUT2D eigenvalue weighted by Gasteiger charge is 2.22. The van der Waals surface area contributed by atoms with Gasteiger partial charge < -0.3 is 5.73 Å². The van der Waals surface area contributed by atoms with Crippen LogP contribution in [0, 0.1) is 20.8 Å². The number of thiazole rings is 1. The average Bonchev–Trinajstić information content (AvgIpc) is 2.65. The molecule has 1 aromatic heterocycles. The average molecular weight is 297 g/mol. The number of aromatic nitrogens is 1. The van der Waals surface area contributed by atoms with Gasteiger partial charge in [0, 0.05) is 0 Å². The van der Waals surface area contributed by atoms with Crippen LogP contribution >= 0.6 is 11.3 Å². The van der Waals surface area contributed by atoms with Crippen molar-refractivity contribution in [3.8, 4) is 0 Å². The van der Waals surface area contributed by atoms with E-state index in [-0.39, 0.29) is 9.34 Å². The molecule has 0 saturated heterocycles. The van der Waals surface area contributed by atoms with E-state index in [9.17, 15) is 8.42 Å². The van der Waals surface area contributed by atoms with E-state index in [1.54, 1.807) is 13.0 Å². The van der Waals surface area contributed by atoms with Gasteiger partial charge >= 0.3 is 0 Å². The third-order valence-electron chi connectivity index (χ3n) is 2.86. The molecule has 0 radical (unpaired) electrons. The molecule has 1 heterocycles. The van der Waals surface area contributed by atoms with Crippen LogP contribution in [0.3, 0.4) is 0 Å². The molecule has 2 aromatic rings. The Morgan fingerprint density at radius 2 is 1.95 bits per heavy atom. The molecule has 0 aliphatic carbocycles. The van der Waals surface area contributed by atoms with Crippen LogP contribution in [0.5, 0.6) is 0 Å². The zero-order valence-corrected chi connectivity index (χ0v) is 12.5. The van der Waals surface area contributed by atoms with Gasteiger partial charge in [-0.25, -0.2) is 13.4 Å². The normalized spacial score (nSPS) is 11.5. The number of nitrogens with zero attached hydrogens (tertiary/aromatic N) is 1. The third-order valence-corrected chi connectivity index (χ3v) is 5.83. The van der Waals surface area contributed by atoms with Crippen molar-refractivity contribution < 1.29 is 8.42 Å². The van der Waals surface area contributed by atoms with Gasteiger partial charge in [0.2, 0.25) is 0 Å². The first-order valence-electron chi connectivity index (χ1n) is 5.63. The standard InChI is InChI=1S/C12H15N3O2S2/c1-7-5-4-6-10(8(7)2)15-19(16,17)11-9(3)14-12(13)18-11/h4-6,15H,1-3H3,(H2,13,14). The van der Waals surface area contributed by atoms with Crippen LogP contribution in [0.25, 0.3) is 0 Å². The monoisotopic (exact) mass is 297 g/mol. The first-order valence-corrected chi connectivity index (χ1v) is 7.93. The van der Waals surface area contributed by atoms with Crippen molar-refractivity contribution in [2.75, 3.05) is 10.5 Å². The molecule has 19 heavy (non-hydrogen) atoms. The number of nitrogens with two attached hydrogens (primary N) is 1. The van der Waals surface area contributed by atoms with Crippen molar-refractivity contribution in [1.29, 1.82) is 0 Å². The number of anilines is 2. The number of nitrogens with one attached hydrogen (secondary N) is 1. The molecule has 0 amide bonds. The Hall–Kier alpha value is -1.60. The van der Waals surface area contributed by atoms with Crippen LogP contribution in [-0.4, -0.2) is 13.4 Å². The Kier molecular flexibility index (Phi) is 3.51. The molecule has 0 bridgehead atoms. The fraction of sp³-hybridized carbons (Fsp3) is 0.250. The number of sulfonamides is 1. The largest absolute Gasteiger partial charge is 0.375 e. The molecule has 1 aromatic carbocycles. The summed E-state index contributed by atoms with van der Waals surface area (Å²) in [5, 5.41) is 0.249. The molecule has 0 aliphatic heterocycles. The highest BCUT2D eigenvalue weighted by atomic mass is 32.2. The Morgan fingerprint density at radius 3 is 2.53 bits per heavy atom. The van der Waals surface area contributed by atoms with Crippen molar-refractivity contribution in [2.45, 2.75) is 25.0 Å². The molecule has 0 spiro atoms. The Morgan fingerprint density at radius 1 is 1.26 bits per heavy atom. The first kappa shape index (κ1) is 13.8. The number of hydrogen-bond acceptors (Lipinski definition) is 5. The lowest BCUT2D eigenvalue weighted by Gasteiger charge is -2.11. The summed E-state index contributed by atoms with van der Waals surface area (Å²) in [6.45, 7) is 5.44. The smallest absolute Gasteiger partial charge is 0.273 e. The van der Waals surface area contributed by atoms with Gasteiger partial charge in [-0.1, -0.05) is 23.5 Å². The Bertz CT molecular complexity index is 721. The lowest BCUT2D eigenvalue weighted by molar-refractivity contribution is 0.602. The van der Waals surface area contributed by atoms with Gasteiger partial charge in [-0.15, -0.1) is 0 Å². The van der Waals surface area contributed by atoms with Crippen molar-refractivity contribution in [2.24, 2.45) is 0 Å². The van der Waals surface area contributed by atoms with Gasteiger partial charge in [-0.3, -0.25) is 4.72 Å². The molecule has 0 aliphatic rings. The second-order valence-electron chi connectivity index (χ2n) is 4.28. The molecular formula is C12H15N3O2S2.